The van der Waals surface area contributed by atoms with Crippen molar-refractivity contribution in [3.05, 3.63) is 60.2 Å². The van der Waals surface area contributed by atoms with E-state index in [2.05, 4.69) is 5.32 Å². The zero-order valence-electron chi connectivity index (χ0n) is 15.2. The van der Waals surface area contributed by atoms with Crippen LogP contribution in [0.4, 0.5) is 5.69 Å². The third-order valence-corrected chi connectivity index (χ3v) is 3.80. The fourth-order valence-corrected chi connectivity index (χ4v) is 2.29. The van der Waals surface area contributed by atoms with E-state index >= 15 is 0 Å². The van der Waals surface area contributed by atoms with E-state index in [9.17, 15) is 9.59 Å². The number of carbonyl (C=O) groups is 2. The maximum atomic E-state index is 12.4. The second-order valence-corrected chi connectivity index (χ2v) is 5.88. The molecule has 0 fully saturated rings. The van der Waals surface area contributed by atoms with Crippen LogP contribution in [0.1, 0.15) is 43.5 Å². The number of amides is 1. The van der Waals surface area contributed by atoms with Crippen LogP contribution in [0.5, 0.6) is 5.75 Å². The number of benzene rings is 2. The maximum absolute atomic E-state index is 12.4. The average Bonchev–Trinajstić information content (AvgIpc) is 2.67. The van der Waals surface area contributed by atoms with Crippen LogP contribution in [0.15, 0.2) is 54.6 Å². The summed E-state index contributed by atoms with van der Waals surface area (Å²) in [6, 6.07) is 15.9. The largest absolute Gasteiger partial charge is 0.481 e. The molecule has 0 bridgehead atoms. The SMILES string of the molecule is CCCCOC(=O)c1ccc(NC(=O)[C@@H](CC)Oc2ccccc2)cc1. The lowest BCUT2D eigenvalue weighted by Gasteiger charge is -2.17. The second kappa shape index (κ2) is 10.2. The van der Waals surface area contributed by atoms with Gasteiger partial charge >= 0.3 is 5.97 Å². The van der Waals surface area contributed by atoms with Crippen LogP contribution in [0, 0.1) is 0 Å². The van der Waals surface area contributed by atoms with E-state index in [1.54, 1.807) is 24.3 Å². The Hall–Kier alpha value is -2.82. The molecule has 0 aliphatic carbocycles. The summed E-state index contributed by atoms with van der Waals surface area (Å²) in [7, 11) is 0. The number of hydrogen-bond donors (Lipinski definition) is 1. The summed E-state index contributed by atoms with van der Waals surface area (Å²) in [6.07, 6.45) is 1.78. The maximum Gasteiger partial charge on any atom is 0.338 e. The van der Waals surface area contributed by atoms with Crippen LogP contribution >= 0.6 is 0 Å². The van der Waals surface area contributed by atoms with Gasteiger partial charge in [0.15, 0.2) is 6.10 Å². The number of anilines is 1. The topological polar surface area (TPSA) is 64.6 Å². The highest BCUT2D eigenvalue weighted by molar-refractivity contribution is 5.95. The minimum Gasteiger partial charge on any atom is -0.481 e. The first-order valence-electron chi connectivity index (χ1n) is 8.93. The number of hydrogen-bond acceptors (Lipinski definition) is 4. The number of nitrogens with one attached hydrogen (secondary N) is 1. The lowest BCUT2D eigenvalue weighted by molar-refractivity contribution is -0.122. The molecule has 0 aromatic heterocycles. The summed E-state index contributed by atoms with van der Waals surface area (Å²) < 4.78 is 10.9. The van der Waals surface area contributed by atoms with E-state index in [1.165, 1.54) is 0 Å². The molecule has 0 spiro atoms. The highest BCUT2D eigenvalue weighted by atomic mass is 16.5. The highest BCUT2D eigenvalue weighted by Gasteiger charge is 2.18. The van der Waals surface area contributed by atoms with Crippen LogP contribution in [-0.4, -0.2) is 24.6 Å². The Morgan fingerprint density at radius 1 is 1.00 bits per heavy atom. The molecule has 0 aliphatic heterocycles. The normalized spacial score (nSPS) is 11.5. The smallest absolute Gasteiger partial charge is 0.338 e. The third kappa shape index (κ3) is 5.92. The van der Waals surface area contributed by atoms with Gasteiger partial charge in [-0.15, -0.1) is 0 Å². The lowest BCUT2D eigenvalue weighted by Crippen LogP contribution is -2.32. The molecule has 1 amide bonds. The van der Waals surface area contributed by atoms with Gasteiger partial charge in [0.2, 0.25) is 0 Å². The Balaban J connectivity index is 1.92. The molecule has 0 heterocycles. The average molecular weight is 355 g/mol. The van der Waals surface area contributed by atoms with Gasteiger partial charge in [-0.2, -0.15) is 0 Å². The molecule has 0 saturated carbocycles. The molecular weight excluding hydrogens is 330 g/mol. The summed E-state index contributed by atoms with van der Waals surface area (Å²) >= 11 is 0. The first-order chi connectivity index (χ1) is 12.6. The van der Waals surface area contributed by atoms with Crippen LogP contribution in [0.2, 0.25) is 0 Å². The van der Waals surface area contributed by atoms with Crippen molar-refractivity contribution in [1.29, 1.82) is 0 Å². The number of ether oxygens (including phenoxy) is 2. The summed E-state index contributed by atoms with van der Waals surface area (Å²) in [5.74, 6) is 0.0736. The van der Waals surface area contributed by atoms with Crippen molar-refractivity contribution in [2.75, 3.05) is 11.9 Å². The quantitative estimate of drug-likeness (QED) is 0.533. The molecule has 26 heavy (non-hydrogen) atoms. The minimum atomic E-state index is -0.587. The van der Waals surface area contributed by atoms with Crippen molar-refractivity contribution in [3.63, 3.8) is 0 Å². The first-order valence-corrected chi connectivity index (χ1v) is 8.93. The number of carbonyl (C=O) groups excluding carboxylic acids is 2. The number of rotatable bonds is 9. The Kier molecular flexibility index (Phi) is 7.68. The molecular formula is C21H25NO4. The van der Waals surface area contributed by atoms with Crippen LogP contribution < -0.4 is 10.1 Å². The van der Waals surface area contributed by atoms with Crippen molar-refractivity contribution in [2.45, 2.75) is 39.2 Å². The minimum absolute atomic E-state index is 0.227. The molecule has 0 aliphatic rings. The van der Waals surface area contributed by atoms with Crippen LogP contribution in [0.3, 0.4) is 0 Å². The van der Waals surface area contributed by atoms with Gasteiger partial charge in [-0.25, -0.2) is 4.79 Å². The summed E-state index contributed by atoms with van der Waals surface area (Å²) in [4.78, 5) is 24.3. The Morgan fingerprint density at radius 2 is 1.69 bits per heavy atom. The Morgan fingerprint density at radius 3 is 2.31 bits per heavy atom. The van der Waals surface area contributed by atoms with E-state index in [-0.39, 0.29) is 11.9 Å². The Labute approximate surface area is 154 Å². The molecule has 0 unspecified atom stereocenters. The van der Waals surface area contributed by atoms with Crippen molar-refractivity contribution < 1.29 is 19.1 Å². The predicted octanol–water partition coefficient (Wildman–Crippen LogP) is 4.44. The van der Waals surface area contributed by atoms with Gasteiger partial charge < -0.3 is 14.8 Å². The van der Waals surface area contributed by atoms with Gasteiger partial charge in [-0.3, -0.25) is 4.79 Å². The van der Waals surface area contributed by atoms with E-state index in [0.717, 1.165) is 12.8 Å². The molecule has 0 saturated heterocycles. The van der Waals surface area contributed by atoms with Gasteiger partial charge in [0, 0.05) is 5.69 Å². The third-order valence-electron chi connectivity index (χ3n) is 3.80. The van der Waals surface area contributed by atoms with E-state index in [0.29, 0.717) is 30.0 Å². The standard InChI is InChI=1S/C21H25NO4/c1-3-5-15-25-21(24)16-11-13-17(14-12-16)22-20(23)19(4-2)26-18-9-7-6-8-10-18/h6-14,19H,3-5,15H2,1-2H3,(H,22,23)/t19-/m1/s1. The van der Waals surface area contributed by atoms with Gasteiger partial charge in [-0.1, -0.05) is 38.5 Å². The van der Waals surface area contributed by atoms with E-state index < -0.39 is 6.10 Å². The molecule has 138 valence electrons. The van der Waals surface area contributed by atoms with E-state index in [4.69, 9.17) is 9.47 Å². The summed E-state index contributed by atoms with van der Waals surface area (Å²) in [6.45, 7) is 4.35. The molecule has 0 radical (unpaired) electrons. The molecule has 5 heteroatoms. The van der Waals surface area contributed by atoms with Crippen molar-refractivity contribution in [3.8, 4) is 5.75 Å². The number of para-hydroxylation sites is 1. The van der Waals surface area contributed by atoms with Gasteiger partial charge in [0.1, 0.15) is 5.75 Å². The zero-order chi connectivity index (χ0) is 18.8. The molecule has 1 atom stereocenters. The summed E-state index contributed by atoms with van der Waals surface area (Å²) in [5, 5.41) is 2.82. The second-order valence-electron chi connectivity index (χ2n) is 5.88. The predicted molar refractivity (Wildman–Crippen MR) is 101 cm³/mol. The van der Waals surface area contributed by atoms with E-state index in [1.807, 2.05) is 44.2 Å². The van der Waals surface area contributed by atoms with Crippen molar-refractivity contribution in [2.24, 2.45) is 0 Å². The number of esters is 1. The molecule has 2 rings (SSSR count). The summed E-state index contributed by atoms with van der Waals surface area (Å²) in [5.41, 5.74) is 1.07. The Bertz CT molecular complexity index is 698. The molecule has 1 N–H and O–H groups in total. The van der Waals surface area contributed by atoms with Crippen molar-refractivity contribution in [1.82, 2.24) is 0 Å². The van der Waals surface area contributed by atoms with Gasteiger partial charge in [0.05, 0.1) is 12.2 Å². The zero-order valence-corrected chi connectivity index (χ0v) is 15.2. The van der Waals surface area contributed by atoms with Gasteiger partial charge in [0.25, 0.3) is 5.91 Å². The fraction of sp³-hybridized carbons (Fsp3) is 0.333. The lowest BCUT2D eigenvalue weighted by atomic mass is 10.2. The van der Waals surface area contributed by atoms with Gasteiger partial charge in [-0.05, 0) is 49.2 Å². The van der Waals surface area contributed by atoms with Crippen LogP contribution in [0.25, 0.3) is 0 Å². The number of unbranched alkanes of at least 4 members (excludes halogenated alkanes) is 1. The molecule has 5 nitrogen and oxygen atoms in total. The fourth-order valence-electron chi connectivity index (χ4n) is 2.29. The first kappa shape index (κ1) is 19.5. The molecule has 2 aromatic carbocycles. The molecule has 2 aromatic rings. The monoisotopic (exact) mass is 355 g/mol. The van der Waals surface area contributed by atoms with Crippen molar-refractivity contribution >= 4 is 17.6 Å². The highest BCUT2D eigenvalue weighted by Crippen LogP contribution is 2.15. The van der Waals surface area contributed by atoms with Crippen LogP contribution in [-0.2, 0) is 9.53 Å².